The molecule has 0 radical (unpaired) electrons. The van der Waals surface area contributed by atoms with E-state index in [1.165, 1.54) is 12.0 Å². The second kappa shape index (κ2) is 10.1. The van der Waals surface area contributed by atoms with E-state index < -0.39 is 11.9 Å². The van der Waals surface area contributed by atoms with Gasteiger partial charge in [0.05, 0.1) is 24.7 Å². The van der Waals surface area contributed by atoms with Crippen molar-refractivity contribution in [3.05, 3.63) is 46.2 Å². The Hall–Kier alpha value is -2.99. The molecule has 2 aliphatic heterocycles. The van der Waals surface area contributed by atoms with Gasteiger partial charge >= 0.3 is 6.09 Å². The second-order valence-corrected chi connectivity index (χ2v) is 9.03. The fourth-order valence-corrected chi connectivity index (χ4v) is 4.60. The highest BCUT2D eigenvalue weighted by Crippen LogP contribution is 2.44. The molecule has 9 heteroatoms. The largest absolute Gasteiger partial charge is 0.496 e. The van der Waals surface area contributed by atoms with Crippen LogP contribution in [0.2, 0.25) is 5.02 Å². The highest BCUT2D eigenvalue weighted by Gasteiger charge is 2.35. The fraction of sp³-hybridized carbons (Fsp3) is 0.400. The van der Waals surface area contributed by atoms with Crippen molar-refractivity contribution in [2.45, 2.75) is 12.6 Å². The lowest BCUT2D eigenvalue weighted by atomic mass is 9.94. The van der Waals surface area contributed by atoms with Crippen molar-refractivity contribution in [1.82, 2.24) is 14.7 Å². The Morgan fingerprint density at radius 3 is 2.85 bits per heavy atom. The van der Waals surface area contributed by atoms with Crippen LogP contribution in [-0.2, 0) is 6.54 Å². The minimum atomic E-state index is -0.959. The van der Waals surface area contributed by atoms with Crippen molar-refractivity contribution in [3.8, 4) is 34.5 Å². The third-order valence-electron chi connectivity index (χ3n) is 6.03. The van der Waals surface area contributed by atoms with Gasteiger partial charge in [-0.15, -0.1) is 0 Å². The van der Waals surface area contributed by atoms with Crippen molar-refractivity contribution >= 4 is 17.7 Å². The van der Waals surface area contributed by atoms with Gasteiger partial charge in [0.15, 0.2) is 11.6 Å². The number of carboxylic acid groups (broad SMARTS) is 1. The molecule has 1 saturated heterocycles. The fourth-order valence-electron chi connectivity index (χ4n) is 4.34. The molecule has 4 rings (SSSR count). The van der Waals surface area contributed by atoms with E-state index in [0.717, 1.165) is 0 Å². The number of benzene rings is 2. The summed E-state index contributed by atoms with van der Waals surface area (Å²) in [5.74, 6) is 6.24. The summed E-state index contributed by atoms with van der Waals surface area (Å²) < 4.78 is 27.7. The molecule has 1 N–H and O–H groups in total. The number of hydrogen-bond acceptors (Lipinski definition) is 5. The number of nitrogens with zero attached hydrogens (tertiary/aromatic N) is 3. The molecule has 1 fully saturated rings. The maximum absolute atomic E-state index is 16.2. The average Bonchev–Trinajstić information content (AvgIpc) is 2.98. The van der Waals surface area contributed by atoms with E-state index in [2.05, 4.69) is 16.7 Å². The number of methoxy groups -OCH3 is 1. The van der Waals surface area contributed by atoms with Crippen LogP contribution in [0, 0.1) is 17.7 Å². The zero-order chi connectivity index (χ0) is 24.4. The lowest BCUT2D eigenvalue weighted by molar-refractivity contribution is 0.0499. The van der Waals surface area contributed by atoms with Gasteiger partial charge < -0.3 is 19.5 Å². The van der Waals surface area contributed by atoms with Crippen LogP contribution < -0.4 is 9.47 Å². The molecule has 7 nitrogen and oxygen atoms in total. The van der Waals surface area contributed by atoms with E-state index in [1.807, 2.05) is 25.1 Å². The third kappa shape index (κ3) is 4.78. The summed E-state index contributed by atoms with van der Waals surface area (Å²) in [7, 11) is 5.33. The Labute approximate surface area is 203 Å². The lowest BCUT2D eigenvalue weighted by Crippen LogP contribution is -2.55. The topological polar surface area (TPSA) is 65.5 Å². The maximum Gasteiger partial charge on any atom is 0.407 e. The van der Waals surface area contributed by atoms with Crippen LogP contribution in [0.4, 0.5) is 9.18 Å². The Balaban J connectivity index is 1.83. The molecule has 180 valence electrons. The van der Waals surface area contributed by atoms with Crippen LogP contribution in [0.3, 0.4) is 0 Å². The molecule has 34 heavy (non-hydrogen) atoms. The third-order valence-corrected chi connectivity index (χ3v) is 6.35. The number of halogens is 2. The van der Waals surface area contributed by atoms with Gasteiger partial charge in [-0.3, -0.25) is 9.80 Å². The van der Waals surface area contributed by atoms with Gasteiger partial charge in [0.2, 0.25) is 0 Å². The zero-order valence-corrected chi connectivity index (χ0v) is 20.2. The Morgan fingerprint density at radius 1 is 1.35 bits per heavy atom. The molecule has 1 atom stereocenters. The van der Waals surface area contributed by atoms with Crippen molar-refractivity contribution in [3.63, 3.8) is 0 Å². The minimum Gasteiger partial charge on any atom is -0.496 e. The first-order valence-electron chi connectivity index (χ1n) is 11.0. The predicted molar refractivity (Wildman–Crippen MR) is 128 cm³/mol. The number of carbonyl (C=O) groups is 1. The summed E-state index contributed by atoms with van der Waals surface area (Å²) in [6.45, 7) is 2.38. The van der Waals surface area contributed by atoms with Crippen molar-refractivity contribution in [2.24, 2.45) is 0 Å². The molecular weight excluding hydrogens is 461 g/mol. The van der Waals surface area contributed by atoms with Crippen molar-refractivity contribution < 1.29 is 23.8 Å². The smallest absolute Gasteiger partial charge is 0.407 e. The first-order chi connectivity index (χ1) is 16.3. The molecule has 0 bridgehead atoms. The Bertz CT molecular complexity index is 1160. The molecule has 0 spiro atoms. The molecule has 2 aromatic rings. The van der Waals surface area contributed by atoms with E-state index in [-0.39, 0.29) is 24.0 Å². The van der Waals surface area contributed by atoms with Gasteiger partial charge in [0.1, 0.15) is 12.4 Å². The number of piperazine rings is 1. The predicted octanol–water partition coefficient (Wildman–Crippen LogP) is 3.62. The normalized spacial score (nSPS) is 17.7. The number of ether oxygens (including phenoxy) is 2. The van der Waals surface area contributed by atoms with Crippen LogP contribution in [0.5, 0.6) is 11.5 Å². The summed E-state index contributed by atoms with van der Waals surface area (Å²) >= 11 is 6.52. The molecule has 2 heterocycles. The van der Waals surface area contributed by atoms with Gasteiger partial charge in [-0.1, -0.05) is 29.5 Å². The summed E-state index contributed by atoms with van der Waals surface area (Å²) in [4.78, 5) is 16.9. The SMILES string of the molecule is COc1cccc(Cl)c1-c1c(C#CCN(C)C)cc2c(c1F)OC[C@H]1CN(C(=O)O)CCN1C2. The zero-order valence-electron chi connectivity index (χ0n) is 19.4. The van der Waals surface area contributed by atoms with Crippen molar-refractivity contribution in [1.29, 1.82) is 0 Å². The Kier molecular flexibility index (Phi) is 7.17. The lowest BCUT2D eigenvalue weighted by Gasteiger charge is -2.38. The van der Waals surface area contributed by atoms with Crippen molar-refractivity contribution in [2.75, 3.05) is 54.0 Å². The van der Waals surface area contributed by atoms with E-state index >= 15 is 4.39 Å². The molecule has 2 aliphatic rings. The standard InChI is InChI=1S/C25H27ClFN3O4/c1-28(2)9-5-6-16-12-17-13-29-10-11-30(25(31)32)14-18(29)15-34-24(17)23(27)21(16)22-19(26)7-4-8-20(22)33-3/h4,7-8,12,18H,9-11,13-15H2,1-3H3,(H,31,32)/t18-/m1/s1. The van der Waals surface area contributed by atoms with Crippen LogP contribution in [0.15, 0.2) is 24.3 Å². The van der Waals surface area contributed by atoms with Crippen LogP contribution in [-0.4, -0.2) is 85.9 Å². The quantitative estimate of drug-likeness (QED) is 0.667. The molecule has 0 aromatic heterocycles. The molecule has 0 aliphatic carbocycles. The molecule has 2 aromatic carbocycles. The summed E-state index contributed by atoms with van der Waals surface area (Å²) in [6.07, 6.45) is -0.959. The summed E-state index contributed by atoms with van der Waals surface area (Å²) in [5, 5.41) is 9.72. The minimum absolute atomic E-state index is 0.145. The highest BCUT2D eigenvalue weighted by molar-refractivity contribution is 6.33. The van der Waals surface area contributed by atoms with Crippen LogP contribution >= 0.6 is 11.6 Å². The second-order valence-electron chi connectivity index (χ2n) is 8.62. The number of hydrogen-bond donors (Lipinski definition) is 1. The summed E-state index contributed by atoms with van der Waals surface area (Å²) in [6, 6.07) is 6.84. The first-order valence-corrected chi connectivity index (χ1v) is 11.3. The van der Waals surface area contributed by atoms with E-state index in [1.54, 1.807) is 18.2 Å². The highest BCUT2D eigenvalue weighted by atomic mass is 35.5. The van der Waals surface area contributed by atoms with Gasteiger partial charge in [0, 0.05) is 48.4 Å². The molecule has 0 unspecified atom stereocenters. The van der Waals surface area contributed by atoms with E-state index in [9.17, 15) is 9.90 Å². The molecule has 1 amide bonds. The number of rotatable bonds is 3. The first kappa shape index (κ1) is 24.1. The van der Waals surface area contributed by atoms with Crippen LogP contribution in [0.25, 0.3) is 11.1 Å². The number of fused-ring (bicyclic) bond motifs is 2. The molecule has 0 saturated carbocycles. The van der Waals surface area contributed by atoms with Crippen LogP contribution in [0.1, 0.15) is 11.1 Å². The monoisotopic (exact) mass is 487 g/mol. The summed E-state index contributed by atoms with van der Waals surface area (Å²) in [5.41, 5.74) is 1.83. The Morgan fingerprint density at radius 2 is 2.15 bits per heavy atom. The average molecular weight is 488 g/mol. The van der Waals surface area contributed by atoms with E-state index in [0.29, 0.717) is 60.2 Å². The van der Waals surface area contributed by atoms with Gasteiger partial charge in [-0.25, -0.2) is 9.18 Å². The van der Waals surface area contributed by atoms with Gasteiger partial charge in [-0.05, 0) is 32.3 Å². The van der Waals surface area contributed by atoms with Gasteiger partial charge in [0.25, 0.3) is 0 Å². The number of amides is 1. The molecular formula is C25H27ClFN3O4. The van der Waals surface area contributed by atoms with Gasteiger partial charge in [-0.2, -0.15) is 0 Å². The van der Waals surface area contributed by atoms with E-state index in [4.69, 9.17) is 21.1 Å². The maximum atomic E-state index is 16.2.